The van der Waals surface area contributed by atoms with Crippen molar-refractivity contribution in [3.63, 3.8) is 0 Å². The molecule has 1 aromatic heterocycles. The van der Waals surface area contributed by atoms with Crippen molar-refractivity contribution in [2.45, 2.75) is 27.2 Å². The number of nitrogens with zero attached hydrogens (tertiary/aromatic N) is 3. The molecule has 40 heavy (non-hydrogen) atoms. The van der Waals surface area contributed by atoms with Crippen LogP contribution in [-0.2, 0) is 9.59 Å². The van der Waals surface area contributed by atoms with E-state index >= 15 is 0 Å². The number of hydrogen-bond donors (Lipinski definition) is 2. The molecular formula is C30H32FN5O4. The summed E-state index contributed by atoms with van der Waals surface area (Å²) in [4.78, 5) is 34.4. The number of pyridine rings is 1. The van der Waals surface area contributed by atoms with Crippen LogP contribution >= 0.6 is 0 Å². The van der Waals surface area contributed by atoms with Crippen molar-refractivity contribution in [1.29, 1.82) is 0 Å². The highest BCUT2D eigenvalue weighted by Gasteiger charge is 2.25. The van der Waals surface area contributed by atoms with Crippen molar-refractivity contribution in [1.82, 2.24) is 15.4 Å². The number of ether oxygens (including phenoxy) is 2. The Bertz CT molecular complexity index is 1500. The number of fused-ring (bicyclic) bond motifs is 1. The maximum atomic E-state index is 15.0. The number of amides is 2. The van der Waals surface area contributed by atoms with Crippen molar-refractivity contribution >= 4 is 34.6 Å². The predicted molar refractivity (Wildman–Crippen MR) is 155 cm³/mol. The van der Waals surface area contributed by atoms with Gasteiger partial charge in [0.25, 0.3) is 11.8 Å². The highest BCUT2D eigenvalue weighted by Crippen LogP contribution is 2.33. The van der Waals surface area contributed by atoms with Crippen LogP contribution in [0, 0.1) is 5.82 Å². The largest absolute Gasteiger partial charge is 0.497 e. The Labute approximate surface area is 232 Å². The lowest BCUT2D eigenvalue weighted by Gasteiger charge is -2.23. The summed E-state index contributed by atoms with van der Waals surface area (Å²) in [5.74, 6) is -0.943. The van der Waals surface area contributed by atoms with Crippen molar-refractivity contribution < 1.29 is 23.5 Å². The van der Waals surface area contributed by atoms with Crippen LogP contribution in [0.4, 0.5) is 10.1 Å². The molecule has 1 aliphatic rings. The fourth-order valence-electron chi connectivity index (χ4n) is 3.76. The predicted octanol–water partition coefficient (Wildman–Crippen LogP) is 5.92. The molecule has 10 heteroatoms. The third-order valence-corrected chi connectivity index (χ3v) is 5.64. The number of halogens is 1. The van der Waals surface area contributed by atoms with Crippen LogP contribution in [0.5, 0.6) is 17.2 Å². The Morgan fingerprint density at radius 3 is 2.60 bits per heavy atom. The smallest absolute Gasteiger partial charge is 0.277 e. The number of aliphatic imine (C=N–C) groups is 1. The van der Waals surface area contributed by atoms with Gasteiger partial charge in [-0.3, -0.25) is 19.6 Å². The summed E-state index contributed by atoms with van der Waals surface area (Å²) in [6.45, 7) is 5.58. The number of benzene rings is 2. The molecule has 0 aliphatic carbocycles. The number of hydrogen-bond acceptors (Lipinski definition) is 7. The van der Waals surface area contributed by atoms with E-state index in [1.54, 1.807) is 76.1 Å². The van der Waals surface area contributed by atoms with E-state index in [9.17, 15) is 14.0 Å². The van der Waals surface area contributed by atoms with E-state index in [4.69, 9.17) is 9.47 Å². The second kappa shape index (κ2) is 14.4. The number of methoxy groups -OCH3 is 1. The minimum absolute atomic E-state index is 0.0377. The summed E-state index contributed by atoms with van der Waals surface area (Å²) < 4.78 is 26.0. The normalized spacial score (nSPS) is 12.6. The standard InChI is InChI=1S/C28H26FN5O4.C2H6/c1-4-21(28(36)34(30-2)19-6-5-13-31-14-11-19)27(35)33-18-7-10-26(23(29)16-18)38-25-12-15-32-24-17-20(37-3)8-9-22(24)25;1-2/h4,6-17,30H,5H2,1-3H3,(H,33,35);1-2H3/b21-4+;. The summed E-state index contributed by atoms with van der Waals surface area (Å²) in [6, 6.07) is 10.9. The number of carbonyl (C=O) groups is 2. The van der Waals surface area contributed by atoms with Crippen LogP contribution in [-0.4, -0.2) is 42.2 Å². The van der Waals surface area contributed by atoms with Crippen molar-refractivity contribution in [3.8, 4) is 17.2 Å². The Hall–Kier alpha value is -4.83. The minimum atomic E-state index is -0.694. The van der Waals surface area contributed by atoms with Crippen LogP contribution in [0.3, 0.4) is 0 Å². The molecular weight excluding hydrogens is 513 g/mol. The van der Waals surface area contributed by atoms with E-state index in [-0.39, 0.29) is 17.0 Å². The van der Waals surface area contributed by atoms with Gasteiger partial charge in [0, 0.05) is 55.3 Å². The summed E-state index contributed by atoms with van der Waals surface area (Å²) in [5, 5.41) is 4.50. The second-order valence-electron chi connectivity index (χ2n) is 7.97. The van der Waals surface area contributed by atoms with Gasteiger partial charge in [-0.1, -0.05) is 26.0 Å². The molecule has 4 rings (SSSR count). The van der Waals surface area contributed by atoms with Crippen molar-refractivity contribution in [2.75, 3.05) is 19.5 Å². The van der Waals surface area contributed by atoms with Gasteiger partial charge in [-0.25, -0.2) is 14.8 Å². The van der Waals surface area contributed by atoms with E-state index in [1.165, 1.54) is 23.2 Å². The molecule has 0 bridgehead atoms. The first-order valence-electron chi connectivity index (χ1n) is 12.7. The first kappa shape index (κ1) is 29.7. The highest BCUT2D eigenvalue weighted by atomic mass is 19.1. The van der Waals surface area contributed by atoms with Gasteiger partial charge in [-0.2, -0.15) is 0 Å². The molecule has 2 aromatic carbocycles. The lowest BCUT2D eigenvalue weighted by atomic mass is 10.2. The van der Waals surface area contributed by atoms with Crippen molar-refractivity contribution in [3.05, 3.63) is 90.2 Å². The SMILES string of the molecule is C/C=C(\C(=O)Nc1ccc(Oc2ccnc3cc(OC)ccc23)c(F)c1)C(=O)N(NC)C1=CCC=NC=C1.CC. The molecule has 0 saturated heterocycles. The van der Waals surface area contributed by atoms with Crippen LogP contribution in [0.25, 0.3) is 10.9 Å². The number of rotatable bonds is 8. The highest BCUT2D eigenvalue weighted by molar-refractivity contribution is 6.22. The van der Waals surface area contributed by atoms with Crippen LogP contribution in [0.15, 0.2) is 89.4 Å². The topological polar surface area (TPSA) is 105 Å². The minimum Gasteiger partial charge on any atom is -0.497 e. The Balaban J connectivity index is 0.00000216. The van der Waals surface area contributed by atoms with Gasteiger partial charge in [-0.05, 0) is 43.3 Å². The Morgan fingerprint density at radius 1 is 1.10 bits per heavy atom. The molecule has 9 nitrogen and oxygen atoms in total. The van der Waals surface area contributed by atoms with Gasteiger partial charge in [-0.15, -0.1) is 0 Å². The fraction of sp³-hybridized carbons (Fsp3) is 0.200. The molecule has 0 saturated carbocycles. The Morgan fingerprint density at radius 2 is 1.90 bits per heavy atom. The van der Waals surface area contributed by atoms with Crippen LogP contribution in [0.2, 0.25) is 0 Å². The van der Waals surface area contributed by atoms with Gasteiger partial charge in [0.05, 0.1) is 18.3 Å². The number of anilines is 1. The zero-order valence-electron chi connectivity index (χ0n) is 23.1. The number of aromatic nitrogens is 1. The maximum Gasteiger partial charge on any atom is 0.277 e. The molecule has 208 valence electrons. The van der Waals surface area contributed by atoms with Gasteiger partial charge < -0.3 is 14.8 Å². The van der Waals surface area contributed by atoms with Crippen molar-refractivity contribution in [2.24, 2.45) is 4.99 Å². The van der Waals surface area contributed by atoms with Crippen LogP contribution < -0.4 is 20.2 Å². The fourth-order valence-corrected chi connectivity index (χ4v) is 3.76. The zero-order valence-corrected chi connectivity index (χ0v) is 23.1. The molecule has 2 amide bonds. The average Bonchev–Trinajstić information content (AvgIpc) is 3.25. The van der Waals surface area contributed by atoms with Gasteiger partial charge >= 0.3 is 0 Å². The molecule has 0 atom stereocenters. The number of nitrogens with one attached hydrogen (secondary N) is 2. The quantitative estimate of drug-likeness (QED) is 0.158. The third kappa shape index (κ3) is 6.97. The summed E-state index contributed by atoms with van der Waals surface area (Å²) in [6.07, 6.45) is 10.2. The van der Waals surface area contributed by atoms with E-state index in [0.29, 0.717) is 34.5 Å². The van der Waals surface area contributed by atoms with Gasteiger partial charge in [0.1, 0.15) is 17.1 Å². The van der Waals surface area contributed by atoms with Gasteiger partial charge in [0.2, 0.25) is 0 Å². The van der Waals surface area contributed by atoms with E-state index in [0.717, 1.165) is 6.07 Å². The first-order chi connectivity index (χ1) is 19.4. The summed E-state index contributed by atoms with van der Waals surface area (Å²) >= 11 is 0. The molecule has 0 spiro atoms. The number of allylic oxidation sites excluding steroid dienone is 3. The summed E-state index contributed by atoms with van der Waals surface area (Å²) in [5.41, 5.74) is 4.00. The lowest BCUT2D eigenvalue weighted by Crippen LogP contribution is -2.42. The monoisotopic (exact) mass is 545 g/mol. The summed E-state index contributed by atoms with van der Waals surface area (Å²) in [7, 11) is 3.13. The zero-order chi connectivity index (χ0) is 29.1. The lowest BCUT2D eigenvalue weighted by molar-refractivity contribution is -0.129. The first-order valence-corrected chi connectivity index (χ1v) is 12.7. The number of hydrazine groups is 1. The molecule has 2 N–H and O–H groups in total. The molecule has 1 aliphatic heterocycles. The maximum absolute atomic E-state index is 15.0. The van der Waals surface area contributed by atoms with Gasteiger partial charge in [0.15, 0.2) is 11.6 Å². The van der Waals surface area contributed by atoms with E-state index in [2.05, 4.69) is 20.7 Å². The molecule has 0 radical (unpaired) electrons. The third-order valence-electron chi connectivity index (χ3n) is 5.64. The Kier molecular flexibility index (Phi) is 10.7. The molecule has 0 fully saturated rings. The van der Waals surface area contributed by atoms with Crippen LogP contribution in [0.1, 0.15) is 27.2 Å². The number of carbonyl (C=O) groups excluding carboxylic acids is 2. The molecule has 2 heterocycles. The molecule has 3 aromatic rings. The molecule has 0 unspecified atom stereocenters. The van der Waals surface area contributed by atoms with E-state index < -0.39 is 17.6 Å². The second-order valence-corrected chi connectivity index (χ2v) is 7.97. The average molecular weight is 546 g/mol. The van der Waals surface area contributed by atoms with E-state index in [1.807, 2.05) is 13.8 Å².